The first kappa shape index (κ1) is 18.2. The zero-order valence-electron chi connectivity index (χ0n) is 16.0. The third-order valence-electron chi connectivity index (χ3n) is 5.36. The lowest BCUT2D eigenvalue weighted by Crippen LogP contribution is -2.40. The van der Waals surface area contributed by atoms with Crippen molar-refractivity contribution in [2.75, 3.05) is 20.2 Å². The second kappa shape index (κ2) is 7.42. The van der Waals surface area contributed by atoms with Crippen molar-refractivity contribution >= 4 is 22.8 Å². The van der Waals surface area contributed by atoms with Crippen LogP contribution in [0.1, 0.15) is 28.9 Å². The summed E-state index contributed by atoms with van der Waals surface area (Å²) in [5, 5.41) is 5.45. The number of ether oxygens (including phenoxy) is 1. The van der Waals surface area contributed by atoms with E-state index < -0.39 is 0 Å². The molecule has 0 aliphatic carbocycles. The van der Waals surface area contributed by atoms with Crippen LogP contribution in [0.25, 0.3) is 16.7 Å². The molecule has 1 aromatic carbocycles. The van der Waals surface area contributed by atoms with E-state index in [1.807, 2.05) is 43.3 Å². The second-order valence-corrected chi connectivity index (χ2v) is 7.01. The molecule has 3 aromatic rings. The number of benzene rings is 1. The molecule has 1 aliphatic heterocycles. The Morgan fingerprint density at radius 2 is 1.86 bits per heavy atom. The highest BCUT2D eigenvalue weighted by Gasteiger charge is 2.29. The first-order valence-electron chi connectivity index (χ1n) is 9.36. The number of rotatable bonds is 3. The molecule has 2 aromatic heterocycles. The highest BCUT2D eigenvalue weighted by Crippen LogP contribution is 2.22. The van der Waals surface area contributed by atoms with E-state index in [0.29, 0.717) is 37.3 Å². The van der Waals surface area contributed by atoms with Crippen LogP contribution in [0.4, 0.5) is 0 Å². The van der Waals surface area contributed by atoms with Crippen molar-refractivity contribution in [3.63, 3.8) is 0 Å². The first-order chi connectivity index (χ1) is 13.6. The Morgan fingerprint density at radius 1 is 1.11 bits per heavy atom. The van der Waals surface area contributed by atoms with Gasteiger partial charge in [0.15, 0.2) is 5.82 Å². The number of nitrogens with zero attached hydrogens (tertiary/aromatic N) is 4. The Morgan fingerprint density at radius 3 is 2.61 bits per heavy atom. The van der Waals surface area contributed by atoms with E-state index in [1.54, 1.807) is 15.8 Å². The van der Waals surface area contributed by atoms with Gasteiger partial charge in [0.2, 0.25) is 0 Å². The fraction of sp³-hybridized carbons (Fsp3) is 0.333. The minimum Gasteiger partial charge on any atom is -0.469 e. The van der Waals surface area contributed by atoms with Gasteiger partial charge in [0.05, 0.1) is 36.0 Å². The van der Waals surface area contributed by atoms with Crippen LogP contribution in [-0.2, 0) is 9.53 Å². The number of hydrogen-bond donors (Lipinski definition) is 0. The fourth-order valence-electron chi connectivity index (χ4n) is 3.68. The summed E-state index contributed by atoms with van der Waals surface area (Å²) in [7, 11) is 1.40. The molecule has 0 radical (unpaired) electrons. The number of fused-ring (bicyclic) bond motifs is 1. The number of amides is 1. The monoisotopic (exact) mass is 378 g/mol. The third kappa shape index (κ3) is 3.24. The molecule has 1 amide bonds. The Balaban J connectivity index is 1.54. The summed E-state index contributed by atoms with van der Waals surface area (Å²) >= 11 is 0. The molecule has 1 fully saturated rings. The van der Waals surface area contributed by atoms with E-state index in [9.17, 15) is 9.59 Å². The summed E-state index contributed by atoms with van der Waals surface area (Å²) in [6, 6.07) is 11.8. The second-order valence-electron chi connectivity index (χ2n) is 7.01. The number of piperidine rings is 1. The van der Waals surface area contributed by atoms with E-state index in [0.717, 1.165) is 16.6 Å². The van der Waals surface area contributed by atoms with Gasteiger partial charge in [-0.2, -0.15) is 5.10 Å². The number of likely N-dealkylation sites (tertiary alicyclic amines) is 1. The maximum Gasteiger partial charge on any atom is 0.308 e. The standard InChI is InChI=1S/C21H22N4O3/c1-14-17(20(26)24-11-9-16(10-12-24)21(27)28-2)13-22-25(14)19-8-7-15-5-3-4-6-18(15)23-19/h3-8,13,16H,9-12H2,1-2H3. The highest BCUT2D eigenvalue weighted by molar-refractivity contribution is 5.95. The van der Waals surface area contributed by atoms with Crippen LogP contribution in [0.3, 0.4) is 0 Å². The summed E-state index contributed by atoms with van der Waals surface area (Å²) < 4.78 is 6.50. The van der Waals surface area contributed by atoms with Gasteiger partial charge >= 0.3 is 5.97 Å². The van der Waals surface area contributed by atoms with Crippen molar-refractivity contribution in [2.45, 2.75) is 19.8 Å². The topological polar surface area (TPSA) is 77.3 Å². The lowest BCUT2D eigenvalue weighted by Gasteiger charge is -2.30. The summed E-state index contributed by atoms with van der Waals surface area (Å²) in [4.78, 5) is 31.1. The number of esters is 1. The lowest BCUT2D eigenvalue weighted by molar-refractivity contribution is -0.146. The van der Waals surface area contributed by atoms with Gasteiger partial charge < -0.3 is 9.64 Å². The van der Waals surface area contributed by atoms with E-state index in [2.05, 4.69) is 10.1 Å². The molecule has 0 unspecified atom stereocenters. The van der Waals surface area contributed by atoms with Crippen molar-refractivity contribution in [3.05, 3.63) is 53.9 Å². The van der Waals surface area contributed by atoms with Gasteiger partial charge in [0.1, 0.15) is 0 Å². The van der Waals surface area contributed by atoms with Crippen molar-refractivity contribution in [2.24, 2.45) is 5.92 Å². The molecular weight excluding hydrogens is 356 g/mol. The lowest BCUT2D eigenvalue weighted by atomic mass is 9.96. The number of hydrogen-bond acceptors (Lipinski definition) is 5. The molecule has 0 bridgehead atoms. The number of methoxy groups -OCH3 is 1. The molecule has 0 atom stereocenters. The molecule has 7 nitrogen and oxygen atoms in total. The van der Waals surface area contributed by atoms with E-state index in [4.69, 9.17) is 4.74 Å². The summed E-state index contributed by atoms with van der Waals surface area (Å²) in [5.74, 6) is 0.297. The number of carbonyl (C=O) groups is 2. The fourth-order valence-corrected chi connectivity index (χ4v) is 3.68. The zero-order chi connectivity index (χ0) is 19.7. The summed E-state index contributed by atoms with van der Waals surface area (Å²) in [5.41, 5.74) is 2.20. The predicted octanol–water partition coefficient (Wildman–Crippen LogP) is 2.75. The summed E-state index contributed by atoms with van der Waals surface area (Å²) in [6.07, 6.45) is 2.84. The zero-order valence-corrected chi connectivity index (χ0v) is 16.0. The van der Waals surface area contributed by atoms with Crippen LogP contribution in [0.5, 0.6) is 0 Å². The van der Waals surface area contributed by atoms with E-state index in [-0.39, 0.29) is 17.8 Å². The molecule has 0 N–H and O–H groups in total. The van der Waals surface area contributed by atoms with Gasteiger partial charge in [-0.25, -0.2) is 9.67 Å². The average molecular weight is 378 g/mol. The molecule has 144 valence electrons. The maximum atomic E-state index is 13.0. The average Bonchev–Trinajstić information content (AvgIpc) is 3.13. The van der Waals surface area contributed by atoms with Gasteiger partial charge in [0.25, 0.3) is 5.91 Å². The molecule has 0 spiro atoms. The van der Waals surface area contributed by atoms with Crippen LogP contribution < -0.4 is 0 Å². The van der Waals surface area contributed by atoms with Gasteiger partial charge in [-0.05, 0) is 38.0 Å². The Hall–Kier alpha value is -3.22. The quantitative estimate of drug-likeness (QED) is 0.655. The molecule has 0 saturated carbocycles. The van der Waals surface area contributed by atoms with Crippen LogP contribution in [0.2, 0.25) is 0 Å². The molecular formula is C21H22N4O3. The third-order valence-corrected chi connectivity index (χ3v) is 5.36. The Labute approximate surface area is 162 Å². The first-order valence-corrected chi connectivity index (χ1v) is 9.36. The van der Waals surface area contributed by atoms with Crippen molar-refractivity contribution in [3.8, 4) is 5.82 Å². The normalized spacial score (nSPS) is 15.0. The SMILES string of the molecule is COC(=O)C1CCN(C(=O)c2cnn(-c3ccc4ccccc4n3)c2C)CC1. The smallest absolute Gasteiger partial charge is 0.308 e. The molecule has 1 saturated heterocycles. The molecule has 7 heteroatoms. The summed E-state index contributed by atoms with van der Waals surface area (Å²) in [6.45, 7) is 2.95. The number of para-hydroxylation sites is 1. The van der Waals surface area contributed by atoms with Gasteiger partial charge in [-0.3, -0.25) is 9.59 Å². The van der Waals surface area contributed by atoms with Gasteiger partial charge in [-0.1, -0.05) is 18.2 Å². The van der Waals surface area contributed by atoms with E-state index in [1.165, 1.54) is 7.11 Å². The number of pyridine rings is 1. The van der Waals surface area contributed by atoms with Gasteiger partial charge in [0, 0.05) is 18.5 Å². The number of carbonyl (C=O) groups excluding carboxylic acids is 2. The molecule has 28 heavy (non-hydrogen) atoms. The van der Waals surface area contributed by atoms with E-state index >= 15 is 0 Å². The van der Waals surface area contributed by atoms with Crippen molar-refractivity contribution in [1.29, 1.82) is 0 Å². The van der Waals surface area contributed by atoms with Gasteiger partial charge in [-0.15, -0.1) is 0 Å². The van der Waals surface area contributed by atoms with Crippen LogP contribution in [-0.4, -0.2) is 51.7 Å². The van der Waals surface area contributed by atoms with Crippen molar-refractivity contribution < 1.29 is 14.3 Å². The minimum atomic E-state index is -0.196. The minimum absolute atomic E-state index is 0.0622. The van der Waals surface area contributed by atoms with Crippen LogP contribution >= 0.6 is 0 Å². The molecule has 3 heterocycles. The van der Waals surface area contributed by atoms with Crippen LogP contribution in [0.15, 0.2) is 42.6 Å². The molecule has 1 aliphatic rings. The highest BCUT2D eigenvalue weighted by atomic mass is 16.5. The predicted molar refractivity (Wildman–Crippen MR) is 104 cm³/mol. The number of aromatic nitrogens is 3. The Bertz CT molecular complexity index is 1040. The molecule has 4 rings (SSSR count). The largest absolute Gasteiger partial charge is 0.469 e. The Kier molecular flexibility index (Phi) is 4.81. The maximum absolute atomic E-state index is 13.0. The van der Waals surface area contributed by atoms with Crippen LogP contribution in [0, 0.1) is 12.8 Å². The van der Waals surface area contributed by atoms with Crippen molar-refractivity contribution in [1.82, 2.24) is 19.7 Å².